The number of thiophene rings is 1. The molecule has 1 heterocycles. The molecule has 2 N–H and O–H groups in total. The number of hydrogen-bond acceptors (Lipinski definition) is 3. The minimum Gasteiger partial charge on any atom is -0.392 e. The minimum atomic E-state index is -0.362. The maximum absolute atomic E-state index is 10.4. The van der Waals surface area contributed by atoms with Gasteiger partial charge in [0.2, 0.25) is 0 Å². The second kappa shape index (κ2) is 10.9. The molecule has 3 atom stereocenters. The van der Waals surface area contributed by atoms with E-state index in [-0.39, 0.29) is 12.7 Å². The molecule has 1 aromatic carbocycles. The first-order chi connectivity index (χ1) is 13.7. The number of hydrogen-bond donors (Lipinski definition) is 2. The number of aryl methyl sites for hydroxylation is 1. The molecule has 2 unspecified atom stereocenters. The van der Waals surface area contributed by atoms with Gasteiger partial charge in [-0.2, -0.15) is 0 Å². The van der Waals surface area contributed by atoms with Crippen molar-refractivity contribution in [1.29, 1.82) is 0 Å². The number of aliphatic hydroxyl groups is 2. The Morgan fingerprint density at radius 1 is 1.11 bits per heavy atom. The summed E-state index contributed by atoms with van der Waals surface area (Å²) >= 11 is 1.84. The Kier molecular flexibility index (Phi) is 8.32. The van der Waals surface area contributed by atoms with E-state index in [0.29, 0.717) is 11.8 Å². The van der Waals surface area contributed by atoms with E-state index in [4.69, 9.17) is 0 Å². The number of aliphatic hydroxyl groups excluding tert-OH is 2. The smallest absolute Gasteiger partial charge is 0.0790 e. The Hall–Kier alpha value is -1.42. The van der Waals surface area contributed by atoms with E-state index in [1.54, 1.807) is 0 Å². The van der Waals surface area contributed by atoms with Crippen LogP contribution in [0.1, 0.15) is 79.9 Å². The fourth-order valence-corrected chi connectivity index (χ4v) is 5.23. The first-order valence-electron chi connectivity index (χ1n) is 10.8. The maximum Gasteiger partial charge on any atom is 0.0790 e. The van der Waals surface area contributed by atoms with Crippen LogP contribution in [0, 0.1) is 5.92 Å². The summed E-state index contributed by atoms with van der Waals surface area (Å²) in [5, 5.41) is 22.4. The van der Waals surface area contributed by atoms with Crippen LogP contribution in [0.4, 0.5) is 0 Å². The van der Waals surface area contributed by atoms with Crippen LogP contribution in [-0.4, -0.2) is 16.8 Å². The molecule has 0 radical (unpaired) electrons. The van der Waals surface area contributed by atoms with Gasteiger partial charge < -0.3 is 10.2 Å². The zero-order valence-electron chi connectivity index (χ0n) is 17.0. The minimum absolute atomic E-state index is 0.146. The van der Waals surface area contributed by atoms with Crippen molar-refractivity contribution in [2.75, 3.05) is 6.61 Å². The molecule has 3 rings (SSSR count). The van der Waals surface area contributed by atoms with Crippen molar-refractivity contribution in [3.8, 4) is 0 Å². The highest BCUT2D eigenvalue weighted by atomic mass is 32.1. The van der Waals surface area contributed by atoms with E-state index in [0.717, 1.165) is 36.8 Å². The van der Waals surface area contributed by atoms with Crippen molar-refractivity contribution in [2.45, 2.75) is 70.3 Å². The van der Waals surface area contributed by atoms with Gasteiger partial charge >= 0.3 is 0 Å². The topological polar surface area (TPSA) is 40.5 Å². The van der Waals surface area contributed by atoms with E-state index in [2.05, 4.69) is 54.8 Å². The molecule has 1 aliphatic rings. The Labute approximate surface area is 173 Å². The molecule has 2 aromatic rings. The summed E-state index contributed by atoms with van der Waals surface area (Å²) < 4.78 is 0. The Balaban J connectivity index is 1.61. The van der Waals surface area contributed by atoms with Gasteiger partial charge in [0.05, 0.1) is 12.7 Å². The molecule has 0 saturated heterocycles. The third-order valence-corrected chi connectivity index (χ3v) is 7.01. The van der Waals surface area contributed by atoms with Crippen LogP contribution in [-0.2, 0) is 6.42 Å². The zero-order chi connectivity index (χ0) is 19.8. The van der Waals surface area contributed by atoms with Gasteiger partial charge in [-0.15, -0.1) is 11.3 Å². The van der Waals surface area contributed by atoms with Crippen molar-refractivity contribution in [2.24, 2.45) is 5.92 Å². The van der Waals surface area contributed by atoms with Crippen LogP contribution in [0.3, 0.4) is 0 Å². The molecule has 0 fully saturated rings. The van der Waals surface area contributed by atoms with Crippen molar-refractivity contribution in [1.82, 2.24) is 0 Å². The molecule has 152 valence electrons. The summed E-state index contributed by atoms with van der Waals surface area (Å²) in [6, 6.07) is 12.9. The van der Waals surface area contributed by atoms with Gasteiger partial charge in [0, 0.05) is 10.8 Å². The lowest BCUT2D eigenvalue weighted by molar-refractivity contribution is 0.163. The molecular weight excluding hydrogens is 364 g/mol. The molecule has 0 spiro atoms. The summed E-state index contributed by atoms with van der Waals surface area (Å²) in [5.74, 6) is 0.891. The summed E-state index contributed by atoms with van der Waals surface area (Å²) in [5.41, 5.74) is 3.46. The highest BCUT2D eigenvalue weighted by Crippen LogP contribution is 2.42. The number of unbranched alkanes of at least 4 members (excludes halogenated alkanes) is 2. The first kappa shape index (κ1) is 21.3. The fourth-order valence-electron chi connectivity index (χ4n) is 4.48. The molecule has 3 heteroatoms. The van der Waals surface area contributed by atoms with Crippen LogP contribution in [0.15, 0.2) is 53.4 Å². The van der Waals surface area contributed by atoms with Crippen LogP contribution >= 0.6 is 11.3 Å². The summed E-state index contributed by atoms with van der Waals surface area (Å²) in [4.78, 5) is 1.46. The third kappa shape index (κ3) is 5.56. The van der Waals surface area contributed by atoms with Crippen molar-refractivity contribution in [3.05, 3.63) is 69.4 Å². The van der Waals surface area contributed by atoms with Gasteiger partial charge in [0.15, 0.2) is 0 Å². The maximum atomic E-state index is 10.4. The number of benzene rings is 1. The molecule has 1 aromatic heterocycles. The predicted octanol–water partition coefficient (Wildman–Crippen LogP) is 6.41. The van der Waals surface area contributed by atoms with Crippen LogP contribution < -0.4 is 0 Å². The van der Waals surface area contributed by atoms with E-state index < -0.39 is 0 Å². The Bertz CT molecular complexity index is 718. The molecule has 1 aliphatic carbocycles. The second-order valence-electron chi connectivity index (χ2n) is 8.06. The lowest BCUT2D eigenvalue weighted by Crippen LogP contribution is -2.12. The fraction of sp³-hybridized carbons (Fsp3) is 0.520. The van der Waals surface area contributed by atoms with Crippen molar-refractivity contribution >= 4 is 11.3 Å². The zero-order valence-corrected chi connectivity index (χ0v) is 17.8. The van der Waals surface area contributed by atoms with Gasteiger partial charge in [-0.25, -0.2) is 0 Å². The quantitative estimate of drug-likeness (QED) is 0.339. The third-order valence-electron chi connectivity index (χ3n) is 6.08. The molecular formula is C25H34O2S. The monoisotopic (exact) mass is 398 g/mol. The standard InChI is InChI=1S/C25H34O2S/c1-2-3-4-10-24(27)19-11-13-21(14-12-19)25-20(15-16-22(25)18-26)7-5-8-23-9-6-17-28-23/h6,9,11-14,16-17,20,24-27H,2-5,7-8,10,15,18H2,1H3/t20-,24?,25?/m0/s1. The van der Waals surface area contributed by atoms with Crippen LogP contribution in [0.5, 0.6) is 0 Å². The van der Waals surface area contributed by atoms with Crippen molar-refractivity contribution < 1.29 is 10.2 Å². The molecule has 0 saturated carbocycles. The molecule has 0 bridgehead atoms. The van der Waals surface area contributed by atoms with Crippen LogP contribution in [0.25, 0.3) is 0 Å². The summed E-state index contributed by atoms with van der Waals surface area (Å²) in [7, 11) is 0. The number of rotatable bonds is 11. The summed E-state index contributed by atoms with van der Waals surface area (Å²) in [6.07, 6.45) is 10.7. The lowest BCUT2D eigenvalue weighted by Gasteiger charge is -2.24. The molecule has 2 nitrogen and oxygen atoms in total. The van der Waals surface area contributed by atoms with Crippen molar-refractivity contribution in [3.63, 3.8) is 0 Å². The van der Waals surface area contributed by atoms with Gasteiger partial charge in [0.25, 0.3) is 0 Å². The highest BCUT2D eigenvalue weighted by Gasteiger charge is 2.30. The van der Waals surface area contributed by atoms with Gasteiger partial charge in [-0.3, -0.25) is 0 Å². The first-order valence-corrected chi connectivity index (χ1v) is 11.7. The summed E-state index contributed by atoms with van der Waals surface area (Å²) in [6.45, 7) is 2.33. The van der Waals surface area contributed by atoms with E-state index in [1.807, 2.05) is 11.3 Å². The molecule has 0 amide bonds. The second-order valence-corrected chi connectivity index (χ2v) is 9.09. The average Bonchev–Trinajstić information content (AvgIpc) is 3.38. The van der Waals surface area contributed by atoms with E-state index >= 15 is 0 Å². The average molecular weight is 399 g/mol. The normalized spacial score (nSPS) is 20.3. The van der Waals surface area contributed by atoms with Gasteiger partial charge in [0.1, 0.15) is 0 Å². The highest BCUT2D eigenvalue weighted by molar-refractivity contribution is 7.09. The van der Waals surface area contributed by atoms with E-state index in [9.17, 15) is 10.2 Å². The predicted molar refractivity (Wildman–Crippen MR) is 119 cm³/mol. The van der Waals surface area contributed by atoms with Gasteiger partial charge in [-0.05, 0) is 66.2 Å². The van der Waals surface area contributed by atoms with E-state index in [1.165, 1.54) is 36.1 Å². The van der Waals surface area contributed by atoms with Crippen LogP contribution in [0.2, 0.25) is 0 Å². The Morgan fingerprint density at radius 3 is 2.61 bits per heavy atom. The molecule has 28 heavy (non-hydrogen) atoms. The number of allylic oxidation sites excluding steroid dienone is 1. The SMILES string of the molecule is CCCCCC(O)c1ccc(C2C(CO)=CC[C@@H]2CCCc2cccs2)cc1. The Morgan fingerprint density at radius 2 is 1.93 bits per heavy atom. The largest absolute Gasteiger partial charge is 0.392 e. The lowest BCUT2D eigenvalue weighted by atomic mass is 9.81. The van der Waals surface area contributed by atoms with Gasteiger partial charge in [-0.1, -0.05) is 62.6 Å². The molecule has 0 aliphatic heterocycles.